The highest BCUT2D eigenvalue weighted by Gasteiger charge is 2.23. The molecule has 1 atom stereocenters. The summed E-state index contributed by atoms with van der Waals surface area (Å²) in [6.07, 6.45) is 1.51. The van der Waals surface area contributed by atoms with Crippen molar-refractivity contribution in [1.82, 2.24) is 0 Å². The van der Waals surface area contributed by atoms with Gasteiger partial charge < -0.3 is 15.3 Å². The summed E-state index contributed by atoms with van der Waals surface area (Å²) in [5, 5.41) is 27.5. The van der Waals surface area contributed by atoms with Crippen molar-refractivity contribution in [2.45, 2.75) is 12.5 Å². The van der Waals surface area contributed by atoms with Gasteiger partial charge in [0.15, 0.2) is 6.04 Å². The van der Waals surface area contributed by atoms with Crippen LogP contribution in [0.1, 0.15) is 11.1 Å². The molecule has 0 bridgehead atoms. The maximum absolute atomic E-state index is 10.7. The van der Waals surface area contributed by atoms with Crippen LogP contribution in [-0.2, 0) is 11.2 Å². The first-order chi connectivity index (χ1) is 7.08. The number of aliphatic imine (C=N–C) groups is 1. The van der Waals surface area contributed by atoms with E-state index in [1.165, 1.54) is 18.3 Å². The quantitative estimate of drug-likeness (QED) is 0.626. The minimum Gasteiger partial charge on any atom is -0.508 e. The summed E-state index contributed by atoms with van der Waals surface area (Å²) >= 11 is 0. The summed E-state index contributed by atoms with van der Waals surface area (Å²) in [5.41, 5.74) is 1.07. The zero-order valence-corrected chi connectivity index (χ0v) is 7.71. The molecular formula is C10H9NO4. The molecule has 1 aliphatic heterocycles. The number of aromatic hydroxyl groups is 2. The predicted octanol–water partition coefficient (Wildman–Crippen LogP) is 0.526. The Morgan fingerprint density at radius 1 is 1.40 bits per heavy atom. The molecule has 0 fully saturated rings. The van der Waals surface area contributed by atoms with Crippen LogP contribution in [0.15, 0.2) is 17.1 Å². The molecule has 1 aromatic rings. The first-order valence-electron chi connectivity index (χ1n) is 4.39. The van der Waals surface area contributed by atoms with Gasteiger partial charge in [0.1, 0.15) is 11.5 Å². The molecule has 0 saturated carbocycles. The number of fused-ring (bicyclic) bond motifs is 1. The lowest BCUT2D eigenvalue weighted by Gasteiger charge is -2.16. The molecule has 0 amide bonds. The number of hydrogen-bond donors (Lipinski definition) is 3. The van der Waals surface area contributed by atoms with Crippen LogP contribution in [0, 0.1) is 0 Å². The summed E-state index contributed by atoms with van der Waals surface area (Å²) in [6.45, 7) is 0. The second kappa shape index (κ2) is 3.27. The maximum atomic E-state index is 10.7. The number of carboxylic acids is 1. The van der Waals surface area contributed by atoms with Gasteiger partial charge in [0.2, 0.25) is 0 Å². The Labute approximate surface area is 85.3 Å². The Balaban J connectivity index is 2.45. The molecule has 0 aromatic heterocycles. The van der Waals surface area contributed by atoms with Crippen LogP contribution in [0.5, 0.6) is 11.5 Å². The number of rotatable bonds is 1. The molecule has 0 spiro atoms. The summed E-state index contributed by atoms with van der Waals surface area (Å²) in [6, 6.07) is 1.81. The Morgan fingerprint density at radius 2 is 2.13 bits per heavy atom. The second-order valence-corrected chi connectivity index (χ2v) is 3.37. The third kappa shape index (κ3) is 1.63. The number of carbonyl (C=O) groups is 1. The van der Waals surface area contributed by atoms with Crippen LogP contribution < -0.4 is 0 Å². The third-order valence-corrected chi connectivity index (χ3v) is 2.31. The number of hydrogen-bond acceptors (Lipinski definition) is 4. The molecule has 78 valence electrons. The van der Waals surface area contributed by atoms with Gasteiger partial charge in [-0.05, 0) is 11.6 Å². The number of phenols is 2. The highest BCUT2D eigenvalue weighted by atomic mass is 16.4. The average Bonchev–Trinajstić information content (AvgIpc) is 2.16. The van der Waals surface area contributed by atoms with Gasteiger partial charge in [-0.1, -0.05) is 0 Å². The lowest BCUT2D eigenvalue weighted by atomic mass is 9.97. The molecule has 0 radical (unpaired) electrons. The smallest absolute Gasteiger partial charge is 0.328 e. The SMILES string of the molecule is O=C(O)C1Cc2cc(O)cc(O)c2C=N1. The lowest BCUT2D eigenvalue weighted by Crippen LogP contribution is -2.24. The number of phenolic OH excluding ortho intramolecular Hbond substituents is 2. The van der Waals surface area contributed by atoms with Gasteiger partial charge in [-0.25, -0.2) is 4.79 Å². The minimum atomic E-state index is -1.01. The van der Waals surface area contributed by atoms with Gasteiger partial charge in [-0.15, -0.1) is 0 Å². The van der Waals surface area contributed by atoms with Crippen LogP contribution >= 0.6 is 0 Å². The van der Waals surface area contributed by atoms with Gasteiger partial charge in [-0.3, -0.25) is 4.99 Å². The van der Waals surface area contributed by atoms with Crippen LogP contribution in [0.4, 0.5) is 0 Å². The van der Waals surface area contributed by atoms with Crippen LogP contribution in [0.3, 0.4) is 0 Å². The molecule has 1 heterocycles. The fourth-order valence-corrected chi connectivity index (χ4v) is 1.57. The normalized spacial score (nSPS) is 18.5. The van der Waals surface area contributed by atoms with E-state index in [0.29, 0.717) is 11.1 Å². The summed E-state index contributed by atoms with van der Waals surface area (Å²) in [4.78, 5) is 14.5. The van der Waals surface area contributed by atoms with Crippen molar-refractivity contribution in [3.05, 3.63) is 23.3 Å². The average molecular weight is 207 g/mol. The first kappa shape index (κ1) is 9.51. The van der Waals surface area contributed by atoms with E-state index < -0.39 is 12.0 Å². The monoisotopic (exact) mass is 207 g/mol. The van der Waals surface area contributed by atoms with E-state index in [1.54, 1.807) is 0 Å². The molecule has 0 aliphatic carbocycles. The van der Waals surface area contributed by atoms with E-state index in [4.69, 9.17) is 5.11 Å². The molecule has 5 heteroatoms. The van der Waals surface area contributed by atoms with Crippen molar-refractivity contribution < 1.29 is 20.1 Å². The molecule has 1 unspecified atom stereocenters. The van der Waals surface area contributed by atoms with Crippen LogP contribution in [0.2, 0.25) is 0 Å². The van der Waals surface area contributed by atoms with Crippen molar-refractivity contribution in [2.24, 2.45) is 4.99 Å². The Bertz CT molecular complexity index is 453. The van der Waals surface area contributed by atoms with Crippen molar-refractivity contribution in [1.29, 1.82) is 0 Å². The predicted molar refractivity (Wildman–Crippen MR) is 52.5 cm³/mol. The van der Waals surface area contributed by atoms with Gasteiger partial charge in [-0.2, -0.15) is 0 Å². The van der Waals surface area contributed by atoms with E-state index >= 15 is 0 Å². The standard InChI is InChI=1S/C10H9NO4/c12-6-1-5-2-8(10(14)15)11-4-7(5)9(13)3-6/h1,3-4,8,12-13H,2H2,(H,14,15). The van der Waals surface area contributed by atoms with Crippen molar-refractivity contribution in [3.8, 4) is 11.5 Å². The first-order valence-corrected chi connectivity index (χ1v) is 4.39. The molecule has 15 heavy (non-hydrogen) atoms. The largest absolute Gasteiger partial charge is 0.508 e. The van der Waals surface area contributed by atoms with E-state index in [1.807, 2.05) is 0 Å². The number of carboxylic acid groups (broad SMARTS) is 1. The van der Waals surface area contributed by atoms with Gasteiger partial charge in [0, 0.05) is 24.3 Å². The van der Waals surface area contributed by atoms with Gasteiger partial charge >= 0.3 is 5.97 Å². The molecule has 1 aromatic carbocycles. The second-order valence-electron chi connectivity index (χ2n) is 3.37. The lowest BCUT2D eigenvalue weighted by molar-refractivity contribution is -0.138. The number of aliphatic carboxylic acids is 1. The van der Waals surface area contributed by atoms with E-state index in [2.05, 4.69) is 4.99 Å². The van der Waals surface area contributed by atoms with Crippen LogP contribution in [-0.4, -0.2) is 33.5 Å². The number of nitrogens with zero attached hydrogens (tertiary/aromatic N) is 1. The summed E-state index contributed by atoms with van der Waals surface area (Å²) in [7, 11) is 0. The van der Waals surface area contributed by atoms with Crippen molar-refractivity contribution >= 4 is 12.2 Å². The highest BCUT2D eigenvalue weighted by molar-refractivity contribution is 5.90. The Hall–Kier alpha value is -2.04. The zero-order chi connectivity index (χ0) is 11.0. The zero-order valence-electron chi connectivity index (χ0n) is 7.71. The van der Waals surface area contributed by atoms with Gasteiger partial charge in [0.25, 0.3) is 0 Å². The highest BCUT2D eigenvalue weighted by Crippen LogP contribution is 2.29. The third-order valence-electron chi connectivity index (χ3n) is 2.31. The molecule has 5 nitrogen and oxygen atoms in total. The molecule has 1 aliphatic rings. The fourth-order valence-electron chi connectivity index (χ4n) is 1.57. The minimum absolute atomic E-state index is 0.0781. The van der Waals surface area contributed by atoms with Gasteiger partial charge in [0.05, 0.1) is 0 Å². The maximum Gasteiger partial charge on any atom is 0.328 e. The van der Waals surface area contributed by atoms with E-state index in [0.717, 1.165) is 0 Å². The summed E-state index contributed by atoms with van der Waals surface area (Å²) < 4.78 is 0. The summed E-state index contributed by atoms with van der Waals surface area (Å²) in [5.74, 6) is -1.18. The molecule has 3 N–H and O–H groups in total. The molecular weight excluding hydrogens is 198 g/mol. The number of benzene rings is 1. The fraction of sp³-hybridized carbons (Fsp3) is 0.200. The van der Waals surface area contributed by atoms with E-state index in [-0.39, 0.29) is 17.9 Å². The topological polar surface area (TPSA) is 90.1 Å². The Kier molecular flexibility index (Phi) is 2.07. The Morgan fingerprint density at radius 3 is 2.80 bits per heavy atom. The van der Waals surface area contributed by atoms with E-state index in [9.17, 15) is 15.0 Å². The molecule has 0 saturated heterocycles. The van der Waals surface area contributed by atoms with Crippen molar-refractivity contribution in [2.75, 3.05) is 0 Å². The van der Waals surface area contributed by atoms with Crippen molar-refractivity contribution in [3.63, 3.8) is 0 Å². The molecule has 2 rings (SSSR count). The van der Waals surface area contributed by atoms with Crippen LogP contribution in [0.25, 0.3) is 0 Å².